The molecule has 0 bridgehead atoms. The molecule has 0 aliphatic carbocycles. The summed E-state index contributed by atoms with van der Waals surface area (Å²) in [5, 5.41) is 6.55. The molecule has 0 atom stereocenters. The zero-order valence-electron chi connectivity index (χ0n) is 11.8. The van der Waals surface area contributed by atoms with Gasteiger partial charge in [0.15, 0.2) is 5.76 Å². The highest BCUT2D eigenvalue weighted by atomic mass is 35.5. The van der Waals surface area contributed by atoms with Crippen LogP contribution in [0.5, 0.6) is 0 Å². The van der Waals surface area contributed by atoms with Gasteiger partial charge in [-0.05, 0) is 19.2 Å². The molecule has 0 unspecified atom stereocenters. The molecule has 0 amide bonds. The van der Waals surface area contributed by atoms with Crippen LogP contribution >= 0.6 is 12.4 Å². The van der Waals surface area contributed by atoms with Crippen molar-refractivity contribution >= 4 is 22.4 Å². The average Bonchev–Trinajstić information content (AvgIpc) is 2.98. The van der Waals surface area contributed by atoms with E-state index >= 15 is 0 Å². The Hall–Kier alpha value is -1.41. The zero-order valence-corrected chi connectivity index (χ0v) is 13.4. The Morgan fingerprint density at radius 1 is 1.29 bits per heavy atom. The molecule has 21 heavy (non-hydrogen) atoms. The molecule has 0 spiro atoms. The largest absolute Gasteiger partial charge is 0.356 e. The van der Waals surface area contributed by atoms with Crippen LogP contribution in [0.15, 0.2) is 45.9 Å². The number of hydrogen-bond donors (Lipinski definition) is 1. The Kier molecular flexibility index (Phi) is 6.35. The number of rotatable bonds is 6. The monoisotopic (exact) mass is 331 g/mol. The van der Waals surface area contributed by atoms with Gasteiger partial charge in [0.1, 0.15) is 0 Å². The fourth-order valence-corrected chi connectivity index (χ4v) is 3.17. The molecule has 0 saturated carbocycles. The third-order valence-corrected chi connectivity index (χ3v) is 4.87. The summed E-state index contributed by atoms with van der Waals surface area (Å²) in [4.78, 5) is 0.218. The van der Waals surface area contributed by atoms with Gasteiger partial charge in [-0.25, -0.2) is 8.42 Å². The van der Waals surface area contributed by atoms with Gasteiger partial charge >= 0.3 is 0 Å². The molecule has 6 nitrogen and oxygen atoms in total. The number of likely N-dealkylation sites (N-methyl/N-ethyl adjacent to an activating group) is 2. The van der Waals surface area contributed by atoms with Crippen molar-refractivity contribution in [3.63, 3.8) is 0 Å². The third-order valence-electron chi connectivity index (χ3n) is 2.96. The summed E-state index contributed by atoms with van der Waals surface area (Å²) in [6.07, 6.45) is 1.49. The Morgan fingerprint density at radius 2 is 2.00 bits per heavy atom. The highest BCUT2D eigenvalue weighted by Crippen LogP contribution is 2.28. The van der Waals surface area contributed by atoms with Crippen molar-refractivity contribution in [2.75, 3.05) is 27.2 Å². The smallest absolute Gasteiger partial charge is 0.243 e. The Balaban J connectivity index is 0.00000220. The second kappa shape index (κ2) is 7.56. The van der Waals surface area contributed by atoms with Gasteiger partial charge in [-0.3, -0.25) is 0 Å². The van der Waals surface area contributed by atoms with E-state index < -0.39 is 10.0 Å². The number of nitrogens with one attached hydrogen (secondary N) is 1. The van der Waals surface area contributed by atoms with Crippen molar-refractivity contribution in [2.24, 2.45) is 0 Å². The Bertz CT molecular complexity index is 659. The second-order valence-corrected chi connectivity index (χ2v) is 6.32. The lowest BCUT2D eigenvalue weighted by Crippen LogP contribution is -2.33. The molecule has 0 saturated heterocycles. The van der Waals surface area contributed by atoms with Crippen molar-refractivity contribution in [1.29, 1.82) is 0 Å². The topological polar surface area (TPSA) is 75.4 Å². The number of hydrogen-bond acceptors (Lipinski definition) is 5. The molecule has 2 aromatic rings. The van der Waals surface area contributed by atoms with Crippen LogP contribution in [0.2, 0.25) is 0 Å². The van der Waals surface area contributed by atoms with Gasteiger partial charge in [0.05, 0.1) is 11.1 Å². The van der Waals surface area contributed by atoms with Gasteiger partial charge in [-0.2, -0.15) is 4.31 Å². The van der Waals surface area contributed by atoms with E-state index in [1.165, 1.54) is 10.5 Å². The second-order valence-electron chi connectivity index (χ2n) is 4.30. The molecule has 116 valence electrons. The van der Waals surface area contributed by atoms with E-state index in [2.05, 4.69) is 10.5 Å². The van der Waals surface area contributed by atoms with E-state index in [4.69, 9.17) is 4.52 Å². The van der Waals surface area contributed by atoms with E-state index in [9.17, 15) is 8.42 Å². The van der Waals surface area contributed by atoms with Crippen molar-refractivity contribution < 1.29 is 12.9 Å². The van der Waals surface area contributed by atoms with Gasteiger partial charge in [0.25, 0.3) is 0 Å². The molecule has 0 fully saturated rings. The highest BCUT2D eigenvalue weighted by Gasteiger charge is 2.24. The molecule has 1 aromatic heterocycles. The quantitative estimate of drug-likeness (QED) is 0.870. The fourth-order valence-electron chi connectivity index (χ4n) is 1.81. The van der Waals surface area contributed by atoms with E-state index in [1.807, 2.05) is 0 Å². The van der Waals surface area contributed by atoms with Crippen LogP contribution in [0.3, 0.4) is 0 Å². The average molecular weight is 332 g/mol. The number of aromatic nitrogens is 1. The minimum absolute atomic E-state index is 0. The minimum atomic E-state index is -3.56. The normalized spacial score (nSPS) is 11.4. The summed E-state index contributed by atoms with van der Waals surface area (Å²) < 4.78 is 31.6. The van der Waals surface area contributed by atoms with Gasteiger partial charge < -0.3 is 9.84 Å². The zero-order chi connectivity index (χ0) is 14.6. The van der Waals surface area contributed by atoms with Gasteiger partial charge in [0, 0.05) is 31.8 Å². The first-order valence-electron chi connectivity index (χ1n) is 6.18. The fraction of sp³-hybridized carbons (Fsp3) is 0.308. The lowest BCUT2D eigenvalue weighted by atomic mass is 10.2. The van der Waals surface area contributed by atoms with E-state index in [0.717, 1.165) is 0 Å². The van der Waals surface area contributed by atoms with Crippen LogP contribution in [0.25, 0.3) is 11.3 Å². The summed E-state index contributed by atoms with van der Waals surface area (Å²) in [6, 6.07) is 8.38. The number of sulfonamides is 1. The summed E-state index contributed by atoms with van der Waals surface area (Å²) in [7, 11) is -0.222. The van der Waals surface area contributed by atoms with Crippen LogP contribution in [0.1, 0.15) is 0 Å². The molecular weight excluding hydrogens is 314 g/mol. The van der Waals surface area contributed by atoms with Crippen LogP contribution < -0.4 is 5.32 Å². The molecule has 1 heterocycles. The van der Waals surface area contributed by atoms with Crippen molar-refractivity contribution in [2.45, 2.75) is 4.90 Å². The standard InChI is InChI=1S/C13H17N3O3S.ClH/c1-14-9-10-16(2)20(17,18)13-6-4-3-5-11(13)12-7-8-15-19-12;/h3-8,14H,9-10H2,1-2H3;1H. The lowest BCUT2D eigenvalue weighted by Gasteiger charge is -2.18. The highest BCUT2D eigenvalue weighted by molar-refractivity contribution is 7.89. The van der Waals surface area contributed by atoms with Crippen molar-refractivity contribution in [3.05, 3.63) is 36.5 Å². The molecule has 0 radical (unpaired) electrons. The maximum atomic E-state index is 12.6. The van der Waals surface area contributed by atoms with E-state index in [0.29, 0.717) is 24.4 Å². The predicted molar refractivity (Wildman–Crippen MR) is 82.9 cm³/mol. The molecule has 0 aliphatic heterocycles. The molecule has 0 aliphatic rings. The first-order chi connectivity index (χ1) is 9.57. The molecule has 1 N–H and O–H groups in total. The summed E-state index contributed by atoms with van der Waals surface area (Å²) in [6.45, 7) is 0.976. The number of halogens is 1. The number of benzene rings is 1. The maximum Gasteiger partial charge on any atom is 0.243 e. The van der Waals surface area contributed by atoms with Gasteiger partial charge in [0.2, 0.25) is 10.0 Å². The summed E-state index contributed by atoms with van der Waals surface area (Å²) in [5.74, 6) is 0.436. The minimum Gasteiger partial charge on any atom is -0.356 e. The molecule has 1 aromatic carbocycles. The summed E-state index contributed by atoms with van der Waals surface area (Å²) in [5.41, 5.74) is 0.515. The molecule has 2 rings (SSSR count). The Morgan fingerprint density at radius 3 is 2.62 bits per heavy atom. The Labute approximate surface area is 130 Å². The third kappa shape index (κ3) is 3.82. The number of nitrogens with zero attached hydrogens (tertiary/aromatic N) is 2. The molecule has 8 heteroatoms. The predicted octanol–water partition coefficient (Wildman–Crippen LogP) is 1.60. The first-order valence-corrected chi connectivity index (χ1v) is 7.62. The van der Waals surface area contributed by atoms with E-state index in [-0.39, 0.29) is 17.3 Å². The SMILES string of the molecule is CNCCN(C)S(=O)(=O)c1ccccc1-c1ccno1.Cl. The molecular formula is C13H18ClN3O3S. The van der Waals surface area contributed by atoms with Gasteiger partial charge in [-0.15, -0.1) is 12.4 Å². The summed E-state index contributed by atoms with van der Waals surface area (Å²) >= 11 is 0. The van der Waals surface area contributed by atoms with Crippen LogP contribution in [0, 0.1) is 0 Å². The van der Waals surface area contributed by atoms with Crippen LogP contribution in [0.4, 0.5) is 0 Å². The maximum absolute atomic E-state index is 12.6. The van der Waals surface area contributed by atoms with E-state index in [1.54, 1.807) is 44.4 Å². The van der Waals surface area contributed by atoms with Gasteiger partial charge in [-0.1, -0.05) is 17.3 Å². The van der Waals surface area contributed by atoms with Crippen LogP contribution in [-0.4, -0.2) is 45.1 Å². The van der Waals surface area contributed by atoms with Crippen LogP contribution in [-0.2, 0) is 10.0 Å². The lowest BCUT2D eigenvalue weighted by molar-refractivity contribution is 0.430. The van der Waals surface area contributed by atoms with Crippen molar-refractivity contribution in [1.82, 2.24) is 14.8 Å². The first kappa shape index (κ1) is 17.6. The van der Waals surface area contributed by atoms with Crippen molar-refractivity contribution in [3.8, 4) is 11.3 Å².